The van der Waals surface area contributed by atoms with E-state index in [0.717, 1.165) is 39.3 Å². The van der Waals surface area contributed by atoms with E-state index in [4.69, 9.17) is 10.5 Å². The van der Waals surface area contributed by atoms with Crippen LogP contribution in [0, 0.1) is 5.92 Å². The van der Waals surface area contributed by atoms with Gasteiger partial charge in [0.25, 0.3) is 0 Å². The van der Waals surface area contributed by atoms with E-state index in [1.807, 2.05) is 18.2 Å². The summed E-state index contributed by atoms with van der Waals surface area (Å²) in [5.41, 5.74) is 6.55. The van der Waals surface area contributed by atoms with Gasteiger partial charge in [0.2, 0.25) is 5.91 Å². The molecule has 0 saturated carbocycles. The quantitative estimate of drug-likeness (QED) is 0.826. The Bertz CT molecular complexity index is 402. The van der Waals surface area contributed by atoms with Crippen molar-refractivity contribution >= 4 is 5.91 Å². The van der Waals surface area contributed by atoms with Crippen molar-refractivity contribution in [1.29, 1.82) is 0 Å². The maximum absolute atomic E-state index is 11.0. The molecule has 0 aliphatic carbocycles. The molecule has 2 N–H and O–H groups in total. The van der Waals surface area contributed by atoms with Gasteiger partial charge in [0, 0.05) is 32.7 Å². The number of nitrogens with zero attached hydrogens (tertiary/aromatic N) is 1. The van der Waals surface area contributed by atoms with Crippen LogP contribution in [-0.4, -0.2) is 37.1 Å². The van der Waals surface area contributed by atoms with Crippen LogP contribution in [0.2, 0.25) is 0 Å². The smallest absolute Gasteiger partial charge is 0.218 e. The van der Waals surface area contributed by atoms with Crippen LogP contribution in [0.3, 0.4) is 0 Å². The SMILES string of the molecule is NC(=O)CCN(Cc1ccccc1)C[C@@H]1CCCOC1. The molecule has 0 radical (unpaired) electrons. The van der Waals surface area contributed by atoms with Gasteiger partial charge in [-0.15, -0.1) is 0 Å². The molecule has 0 bridgehead atoms. The maximum Gasteiger partial charge on any atom is 0.218 e. The van der Waals surface area contributed by atoms with Gasteiger partial charge in [-0.3, -0.25) is 9.69 Å². The van der Waals surface area contributed by atoms with Crippen molar-refractivity contribution in [3.8, 4) is 0 Å². The third-order valence-electron chi connectivity index (χ3n) is 3.69. The fourth-order valence-corrected chi connectivity index (χ4v) is 2.66. The Kier molecular flexibility index (Phi) is 6.02. The lowest BCUT2D eigenvalue weighted by molar-refractivity contribution is -0.118. The van der Waals surface area contributed by atoms with E-state index in [2.05, 4.69) is 17.0 Å². The van der Waals surface area contributed by atoms with E-state index in [1.54, 1.807) is 0 Å². The zero-order valence-electron chi connectivity index (χ0n) is 12.0. The number of primary amides is 1. The minimum absolute atomic E-state index is 0.233. The van der Waals surface area contributed by atoms with E-state index in [9.17, 15) is 4.79 Å². The first-order valence-corrected chi connectivity index (χ1v) is 7.36. The second kappa shape index (κ2) is 8.02. The van der Waals surface area contributed by atoms with E-state index in [1.165, 1.54) is 12.0 Å². The number of hydrogen-bond donors (Lipinski definition) is 1. The highest BCUT2D eigenvalue weighted by Crippen LogP contribution is 2.16. The first kappa shape index (κ1) is 15.0. The number of nitrogens with two attached hydrogens (primary N) is 1. The van der Waals surface area contributed by atoms with Crippen LogP contribution in [0.25, 0.3) is 0 Å². The summed E-state index contributed by atoms with van der Waals surface area (Å²) in [6.45, 7) is 4.28. The second-order valence-electron chi connectivity index (χ2n) is 5.52. The van der Waals surface area contributed by atoms with Crippen molar-refractivity contribution in [1.82, 2.24) is 4.90 Å². The van der Waals surface area contributed by atoms with Crippen LogP contribution in [0.1, 0.15) is 24.8 Å². The van der Waals surface area contributed by atoms with Gasteiger partial charge in [-0.25, -0.2) is 0 Å². The predicted octanol–water partition coefficient (Wildman–Crippen LogP) is 1.79. The Hall–Kier alpha value is -1.39. The third-order valence-corrected chi connectivity index (χ3v) is 3.69. The molecule has 1 aromatic carbocycles. The number of amides is 1. The second-order valence-corrected chi connectivity index (χ2v) is 5.52. The van der Waals surface area contributed by atoms with Crippen molar-refractivity contribution in [3.63, 3.8) is 0 Å². The summed E-state index contributed by atoms with van der Waals surface area (Å²) in [7, 11) is 0. The fourth-order valence-electron chi connectivity index (χ4n) is 2.66. The number of rotatable bonds is 7. The van der Waals surface area contributed by atoms with Gasteiger partial charge >= 0.3 is 0 Å². The number of carbonyl (C=O) groups is 1. The molecule has 0 spiro atoms. The summed E-state index contributed by atoms with van der Waals surface area (Å²) in [5.74, 6) is 0.336. The number of benzene rings is 1. The molecule has 1 aromatic rings. The molecular weight excluding hydrogens is 252 g/mol. The molecule has 4 nitrogen and oxygen atoms in total. The van der Waals surface area contributed by atoms with Crippen molar-refractivity contribution in [2.24, 2.45) is 11.7 Å². The highest BCUT2D eigenvalue weighted by molar-refractivity contribution is 5.73. The summed E-state index contributed by atoms with van der Waals surface area (Å²) in [6, 6.07) is 10.4. The predicted molar refractivity (Wildman–Crippen MR) is 79.1 cm³/mol. The lowest BCUT2D eigenvalue weighted by Crippen LogP contribution is -2.35. The van der Waals surface area contributed by atoms with Gasteiger partial charge in [0.05, 0.1) is 6.61 Å². The van der Waals surface area contributed by atoms with Crippen molar-refractivity contribution in [2.45, 2.75) is 25.8 Å². The van der Waals surface area contributed by atoms with E-state index in [0.29, 0.717) is 12.3 Å². The van der Waals surface area contributed by atoms with Crippen LogP contribution in [-0.2, 0) is 16.1 Å². The Morgan fingerprint density at radius 1 is 1.35 bits per heavy atom. The fraction of sp³-hybridized carbons (Fsp3) is 0.562. The van der Waals surface area contributed by atoms with Gasteiger partial charge in [-0.1, -0.05) is 30.3 Å². The Labute approximate surface area is 120 Å². The summed E-state index contributed by atoms with van der Waals surface area (Å²) >= 11 is 0. The molecule has 1 atom stereocenters. The highest BCUT2D eigenvalue weighted by Gasteiger charge is 2.18. The average Bonchev–Trinajstić information content (AvgIpc) is 2.47. The number of hydrogen-bond acceptors (Lipinski definition) is 3. The van der Waals surface area contributed by atoms with Gasteiger partial charge in [-0.2, -0.15) is 0 Å². The first-order valence-electron chi connectivity index (χ1n) is 7.36. The Morgan fingerprint density at radius 2 is 2.15 bits per heavy atom. The Morgan fingerprint density at radius 3 is 2.80 bits per heavy atom. The van der Waals surface area contributed by atoms with Gasteiger partial charge in [0.1, 0.15) is 0 Å². The molecular formula is C16H24N2O2. The molecule has 1 aliphatic rings. The van der Waals surface area contributed by atoms with Crippen molar-refractivity contribution < 1.29 is 9.53 Å². The molecule has 2 rings (SSSR count). The van der Waals surface area contributed by atoms with E-state index in [-0.39, 0.29) is 5.91 Å². The van der Waals surface area contributed by atoms with Crippen LogP contribution in [0.5, 0.6) is 0 Å². The zero-order valence-corrected chi connectivity index (χ0v) is 12.0. The average molecular weight is 276 g/mol. The summed E-state index contributed by atoms with van der Waals surface area (Å²) < 4.78 is 5.54. The molecule has 0 aromatic heterocycles. The third kappa shape index (κ3) is 5.31. The van der Waals surface area contributed by atoms with Gasteiger partial charge in [0.15, 0.2) is 0 Å². The highest BCUT2D eigenvalue weighted by atomic mass is 16.5. The van der Waals surface area contributed by atoms with E-state index >= 15 is 0 Å². The molecule has 4 heteroatoms. The summed E-state index contributed by atoms with van der Waals surface area (Å²) in [4.78, 5) is 13.3. The number of ether oxygens (including phenoxy) is 1. The largest absolute Gasteiger partial charge is 0.381 e. The lowest BCUT2D eigenvalue weighted by atomic mass is 10.0. The Balaban J connectivity index is 1.90. The van der Waals surface area contributed by atoms with Gasteiger partial charge < -0.3 is 10.5 Å². The molecule has 1 fully saturated rings. The molecule has 0 unspecified atom stereocenters. The molecule has 1 aliphatic heterocycles. The zero-order chi connectivity index (χ0) is 14.2. The maximum atomic E-state index is 11.0. The summed E-state index contributed by atoms with van der Waals surface area (Å²) in [6.07, 6.45) is 2.77. The normalized spacial score (nSPS) is 19.1. The minimum atomic E-state index is -0.233. The lowest BCUT2D eigenvalue weighted by Gasteiger charge is -2.29. The number of carbonyl (C=O) groups excluding carboxylic acids is 1. The monoisotopic (exact) mass is 276 g/mol. The topological polar surface area (TPSA) is 55.6 Å². The molecule has 110 valence electrons. The van der Waals surface area contributed by atoms with Crippen molar-refractivity contribution in [2.75, 3.05) is 26.3 Å². The van der Waals surface area contributed by atoms with Crippen LogP contribution >= 0.6 is 0 Å². The molecule has 1 saturated heterocycles. The minimum Gasteiger partial charge on any atom is -0.381 e. The first-order chi connectivity index (χ1) is 9.74. The van der Waals surface area contributed by atoms with Crippen LogP contribution < -0.4 is 5.73 Å². The summed E-state index contributed by atoms with van der Waals surface area (Å²) in [5, 5.41) is 0. The molecule has 20 heavy (non-hydrogen) atoms. The van der Waals surface area contributed by atoms with Gasteiger partial charge in [-0.05, 0) is 24.3 Å². The van der Waals surface area contributed by atoms with E-state index < -0.39 is 0 Å². The van der Waals surface area contributed by atoms with Crippen LogP contribution in [0.4, 0.5) is 0 Å². The molecule has 1 amide bonds. The molecule has 1 heterocycles. The standard InChI is InChI=1S/C16H24N2O2/c17-16(19)8-9-18(11-14-5-2-1-3-6-14)12-15-7-4-10-20-13-15/h1-3,5-6,15H,4,7-13H2,(H2,17,19)/t15-/m0/s1. The van der Waals surface area contributed by atoms with Crippen molar-refractivity contribution in [3.05, 3.63) is 35.9 Å². The van der Waals surface area contributed by atoms with Crippen LogP contribution in [0.15, 0.2) is 30.3 Å².